The first-order chi connectivity index (χ1) is 11.0. The first kappa shape index (κ1) is 17.7. The molecule has 1 aromatic carbocycles. The first-order valence-electron chi connectivity index (χ1n) is 7.95. The highest BCUT2D eigenvalue weighted by Gasteiger charge is 2.21. The summed E-state index contributed by atoms with van der Waals surface area (Å²) in [7, 11) is 3.09. The highest BCUT2D eigenvalue weighted by molar-refractivity contribution is 6.32. The van der Waals surface area contributed by atoms with Crippen molar-refractivity contribution in [1.29, 1.82) is 0 Å². The molecule has 4 nitrogen and oxygen atoms in total. The Morgan fingerprint density at radius 3 is 2.65 bits per heavy atom. The Bertz CT molecular complexity index is 586. The van der Waals surface area contributed by atoms with E-state index in [9.17, 15) is 4.79 Å². The summed E-state index contributed by atoms with van der Waals surface area (Å²) >= 11 is 6.16. The van der Waals surface area contributed by atoms with Crippen LogP contribution in [0, 0.1) is 5.92 Å². The van der Waals surface area contributed by atoms with Gasteiger partial charge in [0, 0.05) is 12.1 Å². The van der Waals surface area contributed by atoms with Gasteiger partial charge in [-0.15, -0.1) is 0 Å². The van der Waals surface area contributed by atoms with Gasteiger partial charge in [-0.05, 0) is 42.5 Å². The van der Waals surface area contributed by atoms with Crippen molar-refractivity contribution in [3.05, 3.63) is 28.8 Å². The van der Waals surface area contributed by atoms with Gasteiger partial charge in [0.25, 0.3) is 0 Å². The molecule has 0 aliphatic heterocycles. The molecule has 23 heavy (non-hydrogen) atoms. The Morgan fingerprint density at radius 2 is 2.00 bits per heavy atom. The minimum Gasteiger partial charge on any atom is -0.493 e. The second kappa shape index (κ2) is 8.25. The van der Waals surface area contributed by atoms with Gasteiger partial charge >= 0.3 is 0 Å². The molecule has 1 aliphatic carbocycles. The van der Waals surface area contributed by atoms with E-state index in [4.69, 9.17) is 21.1 Å². The number of hydrogen-bond donors (Lipinski definition) is 1. The van der Waals surface area contributed by atoms with Crippen LogP contribution in [0.2, 0.25) is 5.02 Å². The Kier molecular flexibility index (Phi) is 6.34. The molecule has 5 heteroatoms. The average molecular weight is 338 g/mol. The predicted octanol–water partition coefficient (Wildman–Crippen LogP) is 4.07. The van der Waals surface area contributed by atoms with Gasteiger partial charge in [0.1, 0.15) is 0 Å². The van der Waals surface area contributed by atoms with E-state index in [2.05, 4.69) is 12.2 Å². The summed E-state index contributed by atoms with van der Waals surface area (Å²) in [6, 6.07) is 3.81. The summed E-state index contributed by atoms with van der Waals surface area (Å²) in [5.74, 6) is 1.50. The van der Waals surface area contributed by atoms with E-state index in [1.165, 1.54) is 26.4 Å². The maximum absolute atomic E-state index is 12.1. The summed E-state index contributed by atoms with van der Waals surface area (Å²) in [6.45, 7) is 2.20. The summed E-state index contributed by atoms with van der Waals surface area (Å²) < 4.78 is 10.5. The van der Waals surface area contributed by atoms with Gasteiger partial charge in [0.05, 0.1) is 19.2 Å². The van der Waals surface area contributed by atoms with Crippen LogP contribution in [0.4, 0.5) is 0 Å². The monoisotopic (exact) mass is 337 g/mol. The molecule has 1 saturated carbocycles. The van der Waals surface area contributed by atoms with Crippen molar-refractivity contribution in [3.8, 4) is 11.5 Å². The quantitative estimate of drug-likeness (QED) is 0.824. The Hall–Kier alpha value is -1.68. The topological polar surface area (TPSA) is 47.6 Å². The first-order valence-corrected chi connectivity index (χ1v) is 8.33. The van der Waals surface area contributed by atoms with E-state index < -0.39 is 0 Å². The third kappa shape index (κ3) is 4.64. The molecule has 1 N–H and O–H groups in total. The van der Waals surface area contributed by atoms with Crippen LogP contribution in [0.3, 0.4) is 0 Å². The van der Waals surface area contributed by atoms with Crippen molar-refractivity contribution in [1.82, 2.24) is 5.32 Å². The van der Waals surface area contributed by atoms with Crippen molar-refractivity contribution in [2.45, 2.75) is 38.6 Å². The minimum atomic E-state index is -0.0744. The third-order valence-electron chi connectivity index (χ3n) is 4.32. The molecule has 0 radical (unpaired) electrons. The largest absolute Gasteiger partial charge is 0.493 e. The molecule has 0 aromatic heterocycles. The van der Waals surface area contributed by atoms with E-state index in [0.29, 0.717) is 22.4 Å². The van der Waals surface area contributed by atoms with Crippen LogP contribution in [-0.2, 0) is 4.79 Å². The highest BCUT2D eigenvalue weighted by Crippen LogP contribution is 2.36. The SMILES string of the molecule is COc1cc(/C=C/C(=O)N[C@@H]2CCCC[C@@H]2C)cc(Cl)c1OC. The van der Waals surface area contributed by atoms with Crippen LogP contribution in [0.15, 0.2) is 18.2 Å². The summed E-state index contributed by atoms with van der Waals surface area (Å²) in [4.78, 5) is 12.1. The summed E-state index contributed by atoms with van der Waals surface area (Å²) in [5.41, 5.74) is 0.791. The highest BCUT2D eigenvalue weighted by atomic mass is 35.5. The fourth-order valence-electron chi connectivity index (χ4n) is 2.97. The molecule has 0 spiro atoms. The maximum atomic E-state index is 12.1. The van der Waals surface area contributed by atoms with Crippen molar-refractivity contribution < 1.29 is 14.3 Å². The van der Waals surface area contributed by atoms with E-state index in [0.717, 1.165) is 12.0 Å². The van der Waals surface area contributed by atoms with Gasteiger partial charge in [0.15, 0.2) is 11.5 Å². The lowest BCUT2D eigenvalue weighted by atomic mass is 9.86. The van der Waals surface area contributed by atoms with E-state index >= 15 is 0 Å². The number of carbonyl (C=O) groups is 1. The molecular formula is C18H24ClNO3. The second-order valence-corrected chi connectivity index (χ2v) is 6.36. The number of nitrogens with one attached hydrogen (secondary N) is 1. The van der Waals surface area contributed by atoms with Crippen molar-refractivity contribution in [2.24, 2.45) is 5.92 Å². The lowest BCUT2D eigenvalue weighted by Gasteiger charge is -2.29. The van der Waals surface area contributed by atoms with Gasteiger partial charge in [-0.3, -0.25) is 4.79 Å². The van der Waals surface area contributed by atoms with Gasteiger partial charge in [-0.25, -0.2) is 0 Å². The molecule has 126 valence electrons. The van der Waals surface area contributed by atoms with Gasteiger partial charge < -0.3 is 14.8 Å². The van der Waals surface area contributed by atoms with Gasteiger partial charge in [-0.2, -0.15) is 0 Å². The Balaban J connectivity index is 2.04. The van der Waals surface area contributed by atoms with Gasteiger partial charge in [0.2, 0.25) is 5.91 Å². The molecule has 0 bridgehead atoms. The summed E-state index contributed by atoms with van der Waals surface area (Å²) in [5, 5.41) is 3.54. The van der Waals surface area contributed by atoms with Crippen molar-refractivity contribution in [2.75, 3.05) is 14.2 Å². The lowest BCUT2D eigenvalue weighted by Crippen LogP contribution is -2.40. The normalized spacial score (nSPS) is 21.2. The number of carbonyl (C=O) groups excluding carboxylic acids is 1. The lowest BCUT2D eigenvalue weighted by molar-refractivity contribution is -0.117. The summed E-state index contributed by atoms with van der Waals surface area (Å²) in [6.07, 6.45) is 7.95. The molecule has 1 fully saturated rings. The van der Waals surface area contributed by atoms with E-state index in [1.807, 2.05) is 0 Å². The molecular weight excluding hydrogens is 314 g/mol. The van der Waals surface area contributed by atoms with Crippen LogP contribution >= 0.6 is 11.6 Å². The maximum Gasteiger partial charge on any atom is 0.244 e. The number of halogens is 1. The molecule has 2 rings (SSSR count). The molecule has 2 atom stereocenters. The molecule has 0 saturated heterocycles. The van der Waals surface area contributed by atoms with Crippen LogP contribution in [0.5, 0.6) is 11.5 Å². The van der Waals surface area contributed by atoms with Crippen LogP contribution < -0.4 is 14.8 Å². The van der Waals surface area contributed by atoms with Crippen molar-refractivity contribution >= 4 is 23.6 Å². The average Bonchev–Trinajstić information content (AvgIpc) is 2.54. The van der Waals surface area contributed by atoms with Gasteiger partial charge in [-0.1, -0.05) is 31.4 Å². The molecule has 1 amide bonds. The number of hydrogen-bond acceptors (Lipinski definition) is 3. The van der Waals surface area contributed by atoms with E-state index in [1.54, 1.807) is 31.4 Å². The zero-order valence-electron chi connectivity index (χ0n) is 13.9. The number of benzene rings is 1. The van der Waals surface area contributed by atoms with E-state index in [-0.39, 0.29) is 11.9 Å². The molecule has 1 aliphatic rings. The fraction of sp³-hybridized carbons (Fsp3) is 0.500. The smallest absolute Gasteiger partial charge is 0.244 e. The fourth-order valence-corrected chi connectivity index (χ4v) is 3.26. The predicted molar refractivity (Wildman–Crippen MR) is 93.2 cm³/mol. The van der Waals surface area contributed by atoms with Crippen LogP contribution in [0.1, 0.15) is 38.2 Å². The zero-order valence-corrected chi connectivity index (χ0v) is 14.7. The number of methoxy groups -OCH3 is 2. The Morgan fingerprint density at radius 1 is 1.26 bits per heavy atom. The number of rotatable bonds is 5. The zero-order chi connectivity index (χ0) is 16.8. The Labute approximate surface area is 142 Å². The molecule has 0 heterocycles. The standard InChI is InChI=1S/C18H24ClNO3/c1-12-6-4-5-7-15(12)20-17(21)9-8-13-10-14(19)18(23-3)16(11-13)22-2/h8-12,15H,4-7H2,1-3H3,(H,20,21)/b9-8+/t12-,15+/m0/s1. The minimum absolute atomic E-state index is 0.0744. The number of amides is 1. The third-order valence-corrected chi connectivity index (χ3v) is 4.60. The molecule has 0 unspecified atom stereocenters. The van der Waals surface area contributed by atoms with Crippen LogP contribution in [-0.4, -0.2) is 26.2 Å². The second-order valence-electron chi connectivity index (χ2n) is 5.95. The van der Waals surface area contributed by atoms with Crippen LogP contribution in [0.25, 0.3) is 6.08 Å². The number of ether oxygens (including phenoxy) is 2. The molecule has 1 aromatic rings. The van der Waals surface area contributed by atoms with Crippen molar-refractivity contribution in [3.63, 3.8) is 0 Å².